The van der Waals surface area contributed by atoms with Crippen LogP contribution in [0.5, 0.6) is 0 Å². The summed E-state index contributed by atoms with van der Waals surface area (Å²) in [5.74, 6) is 0.865. The molecule has 1 heterocycles. The zero-order valence-corrected chi connectivity index (χ0v) is 12.4. The van der Waals surface area contributed by atoms with E-state index in [1.807, 2.05) is 6.07 Å². The van der Waals surface area contributed by atoms with Crippen molar-refractivity contribution in [1.29, 1.82) is 0 Å². The minimum Gasteiger partial charge on any atom is -0.459 e. The molecule has 0 aliphatic carbocycles. The molecule has 0 amide bonds. The van der Waals surface area contributed by atoms with Crippen LogP contribution in [-0.2, 0) is 13.0 Å². The van der Waals surface area contributed by atoms with Crippen molar-refractivity contribution in [3.05, 3.63) is 59.9 Å². The lowest BCUT2D eigenvalue weighted by atomic mass is 9.99. The van der Waals surface area contributed by atoms with Gasteiger partial charge in [-0.25, -0.2) is 0 Å². The summed E-state index contributed by atoms with van der Waals surface area (Å²) >= 11 is 0. The van der Waals surface area contributed by atoms with Crippen molar-refractivity contribution < 1.29 is 4.42 Å². The molecule has 0 radical (unpaired) electrons. The molecular formula is C19H21NO. The van der Waals surface area contributed by atoms with Gasteiger partial charge in [0.15, 0.2) is 0 Å². The van der Waals surface area contributed by atoms with Gasteiger partial charge in [0, 0.05) is 10.9 Å². The maximum Gasteiger partial charge on any atom is 0.135 e. The summed E-state index contributed by atoms with van der Waals surface area (Å²) in [7, 11) is 0. The van der Waals surface area contributed by atoms with Crippen LogP contribution in [-0.4, -0.2) is 0 Å². The van der Waals surface area contributed by atoms with Crippen molar-refractivity contribution in [2.75, 3.05) is 0 Å². The Hall–Kier alpha value is -2.06. The molecule has 21 heavy (non-hydrogen) atoms. The Morgan fingerprint density at radius 2 is 1.86 bits per heavy atom. The SMILES string of the molecule is CCCCc1ccc2oc(CN)c(-c3ccccc3)c2c1. The van der Waals surface area contributed by atoms with Crippen molar-refractivity contribution in [3.8, 4) is 11.1 Å². The molecule has 0 saturated carbocycles. The smallest absolute Gasteiger partial charge is 0.135 e. The third kappa shape index (κ3) is 2.72. The average molecular weight is 279 g/mol. The Bertz CT molecular complexity index is 728. The van der Waals surface area contributed by atoms with E-state index < -0.39 is 0 Å². The number of rotatable bonds is 5. The lowest BCUT2D eigenvalue weighted by Gasteiger charge is -2.03. The fraction of sp³-hybridized carbons (Fsp3) is 0.263. The van der Waals surface area contributed by atoms with Crippen LogP contribution in [0, 0.1) is 0 Å². The molecular weight excluding hydrogens is 258 g/mol. The largest absolute Gasteiger partial charge is 0.459 e. The summed E-state index contributed by atoms with van der Waals surface area (Å²) < 4.78 is 5.94. The molecule has 0 fully saturated rings. The Balaban J connectivity index is 2.15. The van der Waals surface area contributed by atoms with Crippen LogP contribution in [0.2, 0.25) is 0 Å². The van der Waals surface area contributed by atoms with Crippen LogP contribution in [0.25, 0.3) is 22.1 Å². The van der Waals surface area contributed by atoms with Crippen molar-refractivity contribution in [2.24, 2.45) is 5.73 Å². The van der Waals surface area contributed by atoms with Gasteiger partial charge in [-0.1, -0.05) is 49.7 Å². The highest BCUT2D eigenvalue weighted by atomic mass is 16.3. The molecule has 0 atom stereocenters. The molecule has 2 N–H and O–H groups in total. The monoisotopic (exact) mass is 279 g/mol. The van der Waals surface area contributed by atoms with E-state index >= 15 is 0 Å². The number of unbranched alkanes of at least 4 members (excludes halogenated alkanes) is 1. The second kappa shape index (κ2) is 6.15. The minimum atomic E-state index is 0.420. The molecule has 1 aromatic heterocycles. The predicted octanol–water partition coefficient (Wildman–Crippen LogP) is 4.90. The van der Waals surface area contributed by atoms with Crippen molar-refractivity contribution >= 4 is 11.0 Å². The number of nitrogens with two attached hydrogens (primary N) is 1. The first-order valence-corrected chi connectivity index (χ1v) is 7.63. The molecule has 3 aromatic rings. The van der Waals surface area contributed by atoms with E-state index in [4.69, 9.17) is 10.2 Å². The molecule has 0 aliphatic heterocycles. The fourth-order valence-corrected chi connectivity index (χ4v) is 2.80. The van der Waals surface area contributed by atoms with Crippen molar-refractivity contribution in [1.82, 2.24) is 0 Å². The Kier molecular flexibility index (Phi) is 4.07. The van der Waals surface area contributed by atoms with E-state index in [-0.39, 0.29) is 0 Å². The maximum atomic E-state index is 5.94. The molecule has 0 unspecified atom stereocenters. The van der Waals surface area contributed by atoms with Gasteiger partial charge in [-0.15, -0.1) is 0 Å². The lowest BCUT2D eigenvalue weighted by Crippen LogP contribution is -1.95. The first-order chi connectivity index (χ1) is 10.3. The molecule has 0 saturated heterocycles. The normalized spacial score (nSPS) is 11.1. The zero-order chi connectivity index (χ0) is 14.7. The van der Waals surface area contributed by atoms with Gasteiger partial charge in [-0.3, -0.25) is 0 Å². The van der Waals surface area contributed by atoms with Crippen molar-refractivity contribution in [2.45, 2.75) is 32.7 Å². The molecule has 2 heteroatoms. The molecule has 3 rings (SSSR count). The summed E-state index contributed by atoms with van der Waals surface area (Å²) in [4.78, 5) is 0. The van der Waals surface area contributed by atoms with E-state index in [0.717, 1.165) is 23.3 Å². The second-order valence-electron chi connectivity index (χ2n) is 5.40. The number of fused-ring (bicyclic) bond motifs is 1. The number of hydrogen-bond donors (Lipinski definition) is 1. The van der Waals surface area contributed by atoms with Gasteiger partial charge in [-0.2, -0.15) is 0 Å². The highest BCUT2D eigenvalue weighted by Gasteiger charge is 2.15. The maximum absolute atomic E-state index is 5.94. The number of aryl methyl sites for hydroxylation is 1. The van der Waals surface area contributed by atoms with Gasteiger partial charge in [0.2, 0.25) is 0 Å². The van der Waals surface area contributed by atoms with E-state index in [0.29, 0.717) is 6.54 Å². The Morgan fingerprint density at radius 1 is 1.05 bits per heavy atom. The molecule has 0 aliphatic rings. The summed E-state index contributed by atoms with van der Waals surface area (Å²) in [6, 6.07) is 16.9. The first-order valence-electron chi connectivity index (χ1n) is 7.63. The van der Waals surface area contributed by atoms with Gasteiger partial charge < -0.3 is 10.2 Å². The molecule has 2 nitrogen and oxygen atoms in total. The lowest BCUT2D eigenvalue weighted by molar-refractivity contribution is 0.554. The number of hydrogen-bond acceptors (Lipinski definition) is 2. The molecule has 0 bridgehead atoms. The van der Waals surface area contributed by atoms with Gasteiger partial charge in [0.05, 0.1) is 6.54 Å². The Labute approximate surface area is 125 Å². The van der Waals surface area contributed by atoms with Gasteiger partial charge in [0.1, 0.15) is 11.3 Å². The van der Waals surface area contributed by atoms with E-state index in [9.17, 15) is 0 Å². The molecule has 0 spiro atoms. The third-order valence-electron chi connectivity index (χ3n) is 3.89. The highest BCUT2D eigenvalue weighted by Crippen LogP contribution is 2.35. The van der Waals surface area contributed by atoms with Crippen LogP contribution >= 0.6 is 0 Å². The third-order valence-corrected chi connectivity index (χ3v) is 3.89. The molecule has 2 aromatic carbocycles. The number of benzene rings is 2. The standard InChI is InChI=1S/C19H21NO/c1-2-3-7-14-10-11-17-16(12-14)19(18(13-20)21-17)15-8-5-4-6-9-15/h4-6,8-12H,2-3,7,13,20H2,1H3. The second-order valence-corrected chi connectivity index (χ2v) is 5.40. The zero-order valence-electron chi connectivity index (χ0n) is 12.4. The van der Waals surface area contributed by atoms with Crippen LogP contribution in [0.4, 0.5) is 0 Å². The van der Waals surface area contributed by atoms with Crippen LogP contribution < -0.4 is 5.73 Å². The minimum absolute atomic E-state index is 0.420. The van der Waals surface area contributed by atoms with Gasteiger partial charge >= 0.3 is 0 Å². The average Bonchev–Trinajstić information content (AvgIpc) is 2.91. The van der Waals surface area contributed by atoms with Gasteiger partial charge in [-0.05, 0) is 36.1 Å². The van der Waals surface area contributed by atoms with Crippen LogP contribution in [0.1, 0.15) is 31.1 Å². The van der Waals surface area contributed by atoms with Crippen LogP contribution in [0.3, 0.4) is 0 Å². The highest BCUT2D eigenvalue weighted by molar-refractivity contribution is 5.96. The Morgan fingerprint density at radius 3 is 2.57 bits per heavy atom. The van der Waals surface area contributed by atoms with E-state index in [1.165, 1.54) is 29.4 Å². The van der Waals surface area contributed by atoms with Crippen molar-refractivity contribution in [3.63, 3.8) is 0 Å². The van der Waals surface area contributed by atoms with E-state index in [1.54, 1.807) is 0 Å². The fourth-order valence-electron chi connectivity index (χ4n) is 2.80. The molecule has 108 valence electrons. The predicted molar refractivity (Wildman–Crippen MR) is 88.2 cm³/mol. The summed E-state index contributed by atoms with van der Waals surface area (Å²) in [5, 5.41) is 1.18. The topological polar surface area (TPSA) is 39.2 Å². The van der Waals surface area contributed by atoms with E-state index in [2.05, 4.69) is 49.4 Å². The number of furan rings is 1. The van der Waals surface area contributed by atoms with Gasteiger partial charge in [0.25, 0.3) is 0 Å². The first kappa shape index (κ1) is 13.9. The summed E-state index contributed by atoms with van der Waals surface area (Å²) in [6.45, 7) is 2.64. The van der Waals surface area contributed by atoms with Crippen LogP contribution in [0.15, 0.2) is 52.9 Å². The summed E-state index contributed by atoms with van der Waals surface area (Å²) in [5.41, 5.74) is 10.5. The quantitative estimate of drug-likeness (QED) is 0.721. The summed E-state index contributed by atoms with van der Waals surface area (Å²) in [6.07, 6.45) is 3.54.